The Morgan fingerprint density at radius 3 is 2.25 bits per heavy atom. The van der Waals surface area contributed by atoms with Crippen LogP contribution in [0.25, 0.3) is 0 Å². The third kappa shape index (κ3) is 6.39. The van der Waals surface area contributed by atoms with E-state index in [4.69, 9.17) is 5.11 Å². The predicted molar refractivity (Wildman–Crippen MR) is 36.8 cm³/mol. The Balaban J connectivity index is 3.05. The van der Waals surface area contributed by atoms with Gasteiger partial charge in [-0.2, -0.15) is 2.95 Å². The van der Waals surface area contributed by atoms with Crippen molar-refractivity contribution in [2.24, 2.45) is 0 Å². The van der Waals surface area contributed by atoms with Gasteiger partial charge in [0.05, 0.1) is 6.42 Å². The molecule has 0 amide bonds. The van der Waals surface area contributed by atoms with E-state index in [0.717, 1.165) is 0 Å². The van der Waals surface area contributed by atoms with Crippen LogP contribution < -0.4 is 0 Å². The van der Waals surface area contributed by atoms with Crippen molar-refractivity contribution in [2.75, 3.05) is 6.54 Å². The van der Waals surface area contributed by atoms with E-state index in [0.29, 0.717) is 6.54 Å². The molecule has 0 spiro atoms. The Morgan fingerprint density at radius 2 is 2.12 bits per heavy atom. The fraction of sp³-hybridized carbons (Fsp3) is 0.667. The van der Waals surface area contributed by atoms with Crippen LogP contribution in [0.5, 0.6) is 0 Å². The van der Waals surface area contributed by atoms with Crippen molar-refractivity contribution in [1.82, 2.24) is 2.95 Å². The minimum atomic E-state index is -0.797. The second-order valence-corrected chi connectivity index (χ2v) is 3.83. The summed E-state index contributed by atoms with van der Waals surface area (Å²) < 4.78 is 1.47. The number of carbonyl (C=O) groups is 1. The van der Waals surface area contributed by atoms with Gasteiger partial charge in [0.1, 0.15) is 0 Å². The molecular formula is C3H5Br2NO2. The zero-order valence-electron chi connectivity index (χ0n) is 3.97. The van der Waals surface area contributed by atoms with Crippen molar-refractivity contribution in [3.05, 3.63) is 0 Å². The van der Waals surface area contributed by atoms with Gasteiger partial charge in [0, 0.05) is 38.8 Å². The number of carboxylic acid groups (broad SMARTS) is 1. The third-order valence-electron chi connectivity index (χ3n) is 0.495. The van der Waals surface area contributed by atoms with Gasteiger partial charge in [0.15, 0.2) is 0 Å². The van der Waals surface area contributed by atoms with Crippen molar-refractivity contribution in [3.63, 3.8) is 0 Å². The van der Waals surface area contributed by atoms with E-state index >= 15 is 0 Å². The summed E-state index contributed by atoms with van der Waals surface area (Å²) in [6, 6.07) is 0. The van der Waals surface area contributed by atoms with Crippen molar-refractivity contribution < 1.29 is 9.90 Å². The molecule has 5 heteroatoms. The molecule has 0 aromatic carbocycles. The molecule has 0 saturated heterocycles. The minimum absolute atomic E-state index is 0.135. The largest absolute Gasteiger partial charge is 0.481 e. The van der Waals surface area contributed by atoms with Crippen LogP contribution in [-0.4, -0.2) is 20.6 Å². The first-order valence-electron chi connectivity index (χ1n) is 1.94. The molecule has 0 atom stereocenters. The van der Waals surface area contributed by atoms with Gasteiger partial charge in [-0.15, -0.1) is 0 Å². The molecule has 0 rings (SSSR count). The second-order valence-electron chi connectivity index (χ2n) is 1.17. The lowest BCUT2D eigenvalue weighted by atomic mass is 10.5. The molecule has 1 N–H and O–H groups in total. The highest BCUT2D eigenvalue weighted by Gasteiger charge is 1.98. The molecule has 0 fully saturated rings. The lowest BCUT2D eigenvalue weighted by Gasteiger charge is -1.98. The first-order valence-corrected chi connectivity index (χ1v) is 3.35. The highest BCUT2D eigenvalue weighted by atomic mass is 79.9. The zero-order chi connectivity index (χ0) is 6.57. The molecule has 3 nitrogen and oxygen atoms in total. The highest BCUT2D eigenvalue weighted by Crippen LogP contribution is 2.04. The molecule has 48 valence electrons. The predicted octanol–water partition coefficient (Wildman–Crippen LogP) is 1.38. The van der Waals surface area contributed by atoms with E-state index in [2.05, 4.69) is 32.3 Å². The molecule has 0 aliphatic carbocycles. The Morgan fingerprint density at radius 1 is 1.62 bits per heavy atom. The lowest BCUT2D eigenvalue weighted by Crippen LogP contribution is -2.05. The van der Waals surface area contributed by atoms with E-state index in [1.54, 1.807) is 0 Å². The highest BCUT2D eigenvalue weighted by molar-refractivity contribution is 9.21. The average molecular weight is 247 g/mol. The van der Waals surface area contributed by atoms with Gasteiger partial charge in [-0.1, -0.05) is 0 Å². The van der Waals surface area contributed by atoms with Crippen LogP contribution in [-0.2, 0) is 4.79 Å². The Kier molecular flexibility index (Phi) is 4.50. The molecule has 0 unspecified atom stereocenters. The standard InChI is InChI=1S/C3H5Br2NO2/c4-6(5)2-1-3(7)8/h1-2H2,(H,7,8). The maximum absolute atomic E-state index is 9.84. The summed E-state index contributed by atoms with van der Waals surface area (Å²) in [5.41, 5.74) is 0. The number of nitrogens with zero attached hydrogens (tertiary/aromatic N) is 1. The summed E-state index contributed by atoms with van der Waals surface area (Å²) in [5, 5.41) is 8.09. The van der Waals surface area contributed by atoms with E-state index in [1.165, 1.54) is 2.95 Å². The monoisotopic (exact) mass is 245 g/mol. The second kappa shape index (κ2) is 4.29. The number of halogens is 2. The number of rotatable bonds is 3. The fourth-order valence-corrected chi connectivity index (χ4v) is 0.535. The van der Waals surface area contributed by atoms with Crippen LogP contribution in [0.2, 0.25) is 0 Å². The van der Waals surface area contributed by atoms with Gasteiger partial charge in [0.2, 0.25) is 0 Å². The van der Waals surface area contributed by atoms with Crippen LogP contribution in [0, 0.1) is 0 Å². The summed E-state index contributed by atoms with van der Waals surface area (Å²) in [7, 11) is 0. The van der Waals surface area contributed by atoms with Gasteiger partial charge in [-0.05, 0) is 0 Å². The molecule has 0 aromatic heterocycles. The van der Waals surface area contributed by atoms with Crippen LogP contribution in [0.3, 0.4) is 0 Å². The topological polar surface area (TPSA) is 40.5 Å². The minimum Gasteiger partial charge on any atom is -0.481 e. The first kappa shape index (κ1) is 8.39. The summed E-state index contributed by atoms with van der Waals surface area (Å²) in [6.07, 6.45) is 0.135. The molecule has 0 bridgehead atoms. The van der Waals surface area contributed by atoms with E-state index in [1.807, 2.05) is 0 Å². The molecular weight excluding hydrogens is 242 g/mol. The summed E-state index contributed by atoms with van der Waals surface area (Å²) in [4.78, 5) is 9.84. The lowest BCUT2D eigenvalue weighted by molar-refractivity contribution is -0.136. The van der Waals surface area contributed by atoms with E-state index in [-0.39, 0.29) is 6.42 Å². The first-order chi connectivity index (χ1) is 3.63. The van der Waals surface area contributed by atoms with Crippen molar-refractivity contribution in [3.8, 4) is 0 Å². The molecule has 0 aliphatic rings. The normalized spacial score (nSPS) is 9.88. The van der Waals surface area contributed by atoms with Crippen molar-refractivity contribution >= 4 is 38.3 Å². The maximum atomic E-state index is 9.84. The summed E-state index contributed by atoms with van der Waals surface area (Å²) >= 11 is 5.98. The summed E-state index contributed by atoms with van der Waals surface area (Å²) in [6.45, 7) is 0.454. The number of aliphatic carboxylic acids is 1. The molecule has 0 radical (unpaired) electrons. The van der Waals surface area contributed by atoms with Crippen molar-refractivity contribution in [2.45, 2.75) is 6.42 Å². The Hall–Kier alpha value is 0.390. The Labute approximate surface area is 64.3 Å². The van der Waals surface area contributed by atoms with Gasteiger partial charge in [-0.25, -0.2) is 0 Å². The van der Waals surface area contributed by atoms with Gasteiger partial charge in [0.25, 0.3) is 0 Å². The number of hydrogen-bond donors (Lipinski definition) is 1. The SMILES string of the molecule is O=C(O)CCN(Br)Br. The molecule has 8 heavy (non-hydrogen) atoms. The maximum Gasteiger partial charge on any atom is 0.304 e. The fourth-order valence-electron chi connectivity index (χ4n) is 0.180. The van der Waals surface area contributed by atoms with Crippen LogP contribution in [0.15, 0.2) is 0 Å². The number of hydrogen-bond acceptors (Lipinski definition) is 2. The molecule has 0 aliphatic heterocycles. The Bertz CT molecular complexity index is 85.4. The quantitative estimate of drug-likeness (QED) is 0.766. The molecule has 0 saturated carbocycles. The van der Waals surface area contributed by atoms with E-state index in [9.17, 15) is 4.79 Å². The smallest absolute Gasteiger partial charge is 0.304 e. The zero-order valence-corrected chi connectivity index (χ0v) is 7.14. The van der Waals surface area contributed by atoms with Crippen LogP contribution in [0.1, 0.15) is 6.42 Å². The molecule has 0 heterocycles. The van der Waals surface area contributed by atoms with E-state index < -0.39 is 5.97 Å². The van der Waals surface area contributed by atoms with Crippen molar-refractivity contribution in [1.29, 1.82) is 0 Å². The van der Waals surface area contributed by atoms with Gasteiger partial charge in [-0.3, -0.25) is 4.79 Å². The summed E-state index contributed by atoms with van der Waals surface area (Å²) in [5.74, 6) is -0.797. The molecule has 0 aromatic rings. The average Bonchev–Trinajstić information content (AvgIpc) is 1.61. The van der Waals surface area contributed by atoms with Crippen LogP contribution >= 0.6 is 32.3 Å². The number of carboxylic acids is 1. The van der Waals surface area contributed by atoms with Gasteiger partial charge < -0.3 is 5.11 Å². The third-order valence-corrected chi connectivity index (χ3v) is 1.20. The van der Waals surface area contributed by atoms with Crippen LogP contribution in [0.4, 0.5) is 0 Å². The van der Waals surface area contributed by atoms with Gasteiger partial charge >= 0.3 is 5.97 Å².